The highest BCUT2D eigenvalue weighted by Gasteiger charge is 2.05. The molecule has 124 valence electrons. The van der Waals surface area contributed by atoms with Crippen molar-refractivity contribution in [2.45, 2.75) is 6.42 Å². The lowest BCUT2D eigenvalue weighted by atomic mass is 10.0. The van der Waals surface area contributed by atoms with Crippen molar-refractivity contribution in [3.63, 3.8) is 0 Å². The van der Waals surface area contributed by atoms with Crippen LogP contribution in [0.3, 0.4) is 0 Å². The molecule has 0 aliphatic heterocycles. The van der Waals surface area contributed by atoms with Gasteiger partial charge in [0.1, 0.15) is 0 Å². The standard InChI is InChI=1S/C21H17BrN2O/c22-19-12-10-16(11-13-19)5-4-14-23-24-21(25)15-18-8-3-7-17-6-1-2-9-20(17)18/h1-14H,15H2,(H,24,25). The Kier molecular flexibility index (Phi) is 5.75. The highest BCUT2D eigenvalue weighted by molar-refractivity contribution is 9.10. The maximum absolute atomic E-state index is 12.1. The molecule has 3 aromatic carbocycles. The van der Waals surface area contributed by atoms with Gasteiger partial charge in [-0.05, 0) is 40.1 Å². The van der Waals surface area contributed by atoms with Crippen LogP contribution in [0.15, 0.2) is 82.4 Å². The fourth-order valence-electron chi connectivity index (χ4n) is 2.54. The lowest BCUT2D eigenvalue weighted by molar-refractivity contribution is -0.120. The van der Waals surface area contributed by atoms with Gasteiger partial charge in [-0.25, -0.2) is 5.43 Å². The summed E-state index contributed by atoms with van der Waals surface area (Å²) in [7, 11) is 0. The number of hydrogen-bond donors (Lipinski definition) is 1. The number of rotatable bonds is 5. The van der Waals surface area contributed by atoms with Crippen molar-refractivity contribution in [2.75, 3.05) is 0 Å². The van der Waals surface area contributed by atoms with Gasteiger partial charge in [0.2, 0.25) is 5.91 Å². The lowest BCUT2D eigenvalue weighted by Gasteiger charge is -2.05. The van der Waals surface area contributed by atoms with E-state index < -0.39 is 0 Å². The van der Waals surface area contributed by atoms with Gasteiger partial charge >= 0.3 is 0 Å². The lowest BCUT2D eigenvalue weighted by Crippen LogP contribution is -2.19. The van der Waals surface area contributed by atoms with Gasteiger partial charge in [-0.1, -0.05) is 76.6 Å². The fraction of sp³-hybridized carbons (Fsp3) is 0.0476. The Labute approximate surface area is 155 Å². The Morgan fingerprint density at radius 1 is 1.00 bits per heavy atom. The van der Waals surface area contributed by atoms with E-state index >= 15 is 0 Å². The van der Waals surface area contributed by atoms with E-state index in [1.807, 2.05) is 72.8 Å². The van der Waals surface area contributed by atoms with Gasteiger partial charge in [0, 0.05) is 10.7 Å². The first-order valence-corrected chi connectivity index (χ1v) is 8.72. The molecule has 0 radical (unpaired) electrons. The zero-order valence-corrected chi connectivity index (χ0v) is 15.1. The molecule has 0 bridgehead atoms. The Hall–Kier alpha value is -2.72. The number of carbonyl (C=O) groups is 1. The van der Waals surface area contributed by atoms with Gasteiger partial charge in [-0.2, -0.15) is 5.10 Å². The van der Waals surface area contributed by atoms with Crippen LogP contribution in [0, 0.1) is 0 Å². The van der Waals surface area contributed by atoms with E-state index in [-0.39, 0.29) is 5.91 Å². The van der Waals surface area contributed by atoms with Gasteiger partial charge in [0.15, 0.2) is 0 Å². The number of halogens is 1. The van der Waals surface area contributed by atoms with Crippen molar-refractivity contribution >= 4 is 44.9 Å². The van der Waals surface area contributed by atoms with Crippen molar-refractivity contribution in [2.24, 2.45) is 5.10 Å². The van der Waals surface area contributed by atoms with Crippen molar-refractivity contribution < 1.29 is 4.79 Å². The first-order chi connectivity index (χ1) is 12.2. The summed E-state index contributed by atoms with van der Waals surface area (Å²) in [5, 5.41) is 6.19. The Balaban J connectivity index is 1.56. The molecule has 0 saturated heterocycles. The normalized spacial score (nSPS) is 11.4. The largest absolute Gasteiger partial charge is 0.273 e. The van der Waals surface area contributed by atoms with Crippen LogP contribution in [-0.4, -0.2) is 12.1 Å². The summed E-state index contributed by atoms with van der Waals surface area (Å²) in [5.74, 6) is -0.135. The molecule has 0 aliphatic carbocycles. The maximum atomic E-state index is 12.1. The number of hydrogen-bond acceptors (Lipinski definition) is 2. The van der Waals surface area contributed by atoms with E-state index in [1.54, 1.807) is 12.3 Å². The minimum atomic E-state index is -0.135. The van der Waals surface area contributed by atoms with Crippen LogP contribution in [0.2, 0.25) is 0 Å². The van der Waals surface area contributed by atoms with Crippen LogP contribution in [-0.2, 0) is 11.2 Å². The quantitative estimate of drug-likeness (QED) is 0.483. The number of amides is 1. The summed E-state index contributed by atoms with van der Waals surface area (Å²) in [5.41, 5.74) is 4.63. The zero-order valence-electron chi connectivity index (χ0n) is 13.5. The van der Waals surface area contributed by atoms with E-state index in [0.29, 0.717) is 6.42 Å². The highest BCUT2D eigenvalue weighted by Crippen LogP contribution is 2.18. The molecule has 3 aromatic rings. The maximum Gasteiger partial charge on any atom is 0.244 e. The molecule has 0 spiro atoms. The minimum Gasteiger partial charge on any atom is -0.273 e. The predicted molar refractivity (Wildman–Crippen MR) is 107 cm³/mol. The summed E-state index contributed by atoms with van der Waals surface area (Å²) >= 11 is 3.40. The van der Waals surface area contributed by atoms with Gasteiger partial charge in [-0.15, -0.1) is 0 Å². The minimum absolute atomic E-state index is 0.135. The van der Waals surface area contributed by atoms with Crippen LogP contribution < -0.4 is 5.43 Å². The molecule has 4 heteroatoms. The molecule has 0 saturated carbocycles. The summed E-state index contributed by atoms with van der Waals surface area (Å²) < 4.78 is 1.04. The van der Waals surface area contributed by atoms with E-state index in [2.05, 4.69) is 26.5 Å². The summed E-state index contributed by atoms with van der Waals surface area (Å²) in [6.45, 7) is 0. The number of fused-ring (bicyclic) bond motifs is 1. The van der Waals surface area contributed by atoms with Crippen LogP contribution >= 0.6 is 15.9 Å². The third kappa shape index (κ3) is 4.88. The van der Waals surface area contributed by atoms with Gasteiger partial charge in [0.25, 0.3) is 0 Å². The van der Waals surface area contributed by atoms with Gasteiger partial charge < -0.3 is 0 Å². The van der Waals surface area contributed by atoms with Crippen LogP contribution in [0.4, 0.5) is 0 Å². The van der Waals surface area contributed by atoms with E-state index in [0.717, 1.165) is 26.4 Å². The van der Waals surface area contributed by atoms with Crippen molar-refractivity contribution in [1.29, 1.82) is 0 Å². The van der Waals surface area contributed by atoms with Crippen molar-refractivity contribution in [1.82, 2.24) is 5.43 Å². The second kappa shape index (κ2) is 8.40. The SMILES string of the molecule is O=C(Cc1cccc2ccccc12)NN=CC=Cc1ccc(Br)cc1. The first-order valence-electron chi connectivity index (χ1n) is 7.93. The second-order valence-corrected chi connectivity index (χ2v) is 6.45. The predicted octanol–water partition coefficient (Wildman–Crippen LogP) is 4.96. The number of nitrogens with zero attached hydrogens (tertiary/aromatic N) is 1. The molecule has 1 N–H and O–H groups in total. The third-order valence-corrected chi connectivity index (χ3v) is 4.27. The number of nitrogens with one attached hydrogen (secondary N) is 1. The monoisotopic (exact) mass is 392 g/mol. The molecular formula is C21H17BrN2O. The second-order valence-electron chi connectivity index (χ2n) is 5.54. The molecule has 0 atom stereocenters. The zero-order chi connectivity index (χ0) is 17.5. The van der Waals surface area contributed by atoms with Crippen molar-refractivity contribution in [3.05, 3.63) is 88.4 Å². The number of hydrazone groups is 1. The molecule has 0 fully saturated rings. The Morgan fingerprint density at radius 3 is 2.60 bits per heavy atom. The average Bonchev–Trinajstić information content (AvgIpc) is 2.63. The van der Waals surface area contributed by atoms with Crippen LogP contribution in [0.1, 0.15) is 11.1 Å². The van der Waals surface area contributed by atoms with Crippen LogP contribution in [0.5, 0.6) is 0 Å². The molecule has 25 heavy (non-hydrogen) atoms. The highest BCUT2D eigenvalue weighted by atomic mass is 79.9. The summed E-state index contributed by atoms with van der Waals surface area (Å²) in [6, 6.07) is 22.0. The molecule has 0 heterocycles. The molecule has 3 rings (SSSR count). The topological polar surface area (TPSA) is 41.5 Å². The van der Waals surface area contributed by atoms with Crippen LogP contribution in [0.25, 0.3) is 16.8 Å². The molecule has 0 aromatic heterocycles. The summed E-state index contributed by atoms with van der Waals surface area (Å²) in [4.78, 5) is 12.1. The Bertz CT molecular complexity index is 925. The van der Waals surface area contributed by atoms with Crippen molar-refractivity contribution in [3.8, 4) is 0 Å². The Morgan fingerprint density at radius 2 is 1.76 bits per heavy atom. The number of carbonyl (C=O) groups excluding carboxylic acids is 1. The van der Waals surface area contributed by atoms with E-state index in [9.17, 15) is 4.79 Å². The average molecular weight is 393 g/mol. The molecular weight excluding hydrogens is 376 g/mol. The van der Waals surface area contributed by atoms with Gasteiger partial charge in [-0.3, -0.25) is 4.79 Å². The first kappa shape index (κ1) is 17.1. The molecule has 1 amide bonds. The summed E-state index contributed by atoms with van der Waals surface area (Å²) in [6.07, 6.45) is 5.59. The fourth-order valence-corrected chi connectivity index (χ4v) is 2.80. The van der Waals surface area contributed by atoms with Gasteiger partial charge in [0.05, 0.1) is 6.42 Å². The number of benzene rings is 3. The third-order valence-electron chi connectivity index (χ3n) is 3.74. The van der Waals surface area contributed by atoms with E-state index in [1.165, 1.54) is 0 Å². The smallest absolute Gasteiger partial charge is 0.244 e. The van der Waals surface area contributed by atoms with E-state index in [4.69, 9.17) is 0 Å². The molecule has 0 aliphatic rings. The number of allylic oxidation sites excluding steroid dienone is 1. The molecule has 0 unspecified atom stereocenters. The molecule has 3 nitrogen and oxygen atoms in total.